The Bertz CT molecular complexity index is 624. The molecule has 1 aliphatic carbocycles. The largest absolute Gasteiger partial charge is 0.342 e. The van der Waals surface area contributed by atoms with Gasteiger partial charge in [-0.2, -0.15) is 0 Å². The Labute approximate surface area is 125 Å². The van der Waals surface area contributed by atoms with Crippen molar-refractivity contribution in [1.29, 1.82) is 0 Å². The Kier molecular flexibility index (Phi) is 4.00. The number of aryl methyl sites for hydroxylation is 1. The van der Waals surface area contributed by atoms with Gasteiger partial charge in [-0.1, -0.05) is 36.4 Å². The van der Waals surface area contributed by atoms with Gasteiger partial charge in [0.1, 0.15) is 0 Å². The van der Waals surface area contributed by atoms with Crippen LogP contribution in [0.2, 0.25) is 0 Å². The van der Waals surface area contributed by atoms with Crippen molar-refractivity contribution in [2.75, 3.05) is 7.05 Å². The highest BCUT2D eigenvalue weighted by Crippen LogP contribution is 2.22. The molecule has 0 fully saturated rings. The molecule has 1 aliphatic rings. The summed E-state index contributed by atoms with van der Waals surface area (Å²) >= 11 is 0. The molecule has 0 aliphatic heterocycles. The number of fused-ring (bicyclic) bond motifs is 1. The average molecular weight is 280 g/mol. The Morgan fingerprint density at radius 3 is 2.86 bits per heavy atom. The highest BCUT2D eigenvalue weighted by atomic mass is 16.2. The minimum atomic E-state index is 0.186. The smallest absolute Gasteiger partial charge is 0.226 e. The first-order valence-corrected chi connectivity index (χ1v) is 7.46. The van der Waals surface area contributed by atoms with E-state index in [1.807, 2.05) is 54.5 Å². The van der Waals surface area contributed by atoms with E-state index >= 15 is 0 Å². The van der Waals surface area contributed by atoms with Crippen molar-refractivity contribution in [2.24, 2.45) is 0 Å². The fourth-order valence-corrected chi connectivity index (χ4v) is 2.96. The Morgan fingerprint density at radius 1 is 1.24 bits per heavy atom. The Morgan fingerprint density at radius 2 is 2.05 bits per heavy atom. The molecular weight excluding hydrogens is 260 g/mol. The molecule has 0 N–H and O–H groups in total. The number of aromatic nitrogens is 1. The summed E-state index contributed by atoms with van der Waals surface area (Å²) in [6.45, 7) is 0. The standard InChI is InChI=1S/C18H20N2O/c1-20(18(21)12-14-6-3-2-4-7-14)16-10-9-15-8-5-11-19-17(15)13-16/h2-8,11,16H,9-10,12-13H2,1H3. The molecule has 1 unspecified atom stereocenters. The number of nitrogens with zero attached hydrogens (tertiary/aromatic N) is 2. The second-order valence-electron chi connectivity index (χ2n) is 5.67. The number of carbonyl (C=O) groups is 1. The fourth-order valence-electron chi connectivity index (χ4n) is 2.96. The maximum Gasteiger partial charge on any atom is 0.226 e. The minimum Gasteiger partial charge on any atom is -0.342 e. The summed E-state index contributed by atoms with van der Waals surface area (Å²) in [6, 6.07) is 14.3. The van der Waals surface area contributed by atoms with Gasteiger partial charge in [-0.05, 0) is 30.0 Å². The third kappa shape index (κ3) is 3.13. The molecule has 1 aromatic heterocycles. The molecule has 1 aromatic carbocycles. The van der Waals surface area contributed by atoms with Crippen molar-refractivity contribution in [1.82, 2.24) is 9.88 Å². The lowest BCUT2D eigenvalue weighted by molar-refractivity contribution is -0.131. The van der Waals surface area contributed by atoms with Crippen molar-refractivity contribution >= 4 is 5.91 Å². The van der Waals surface area contributed by atoms with Gasteiger partial charge >= 0.3 is 0 Å². The molecule has 0 saturated carbocycles. The van der Waals surface area contributed by atoms with Crippen LogP contribution in [0.4, 0.5) is 0 Å². The van der Waals surface area contributed by atoms with Gasteiger partial charge in [0.05, 0.1) is 6.42 Å². The van der Waals surface area contributed by atoms with Crippen LogP contribution in [-0.4, -0.2) is 28.9 Å². The van der Waals surface area contributed by atoms with Gasteiger partial charge in [0.2, 0.25) is 5.91 Å². The lowest BCUT2D eigenvalue weighted by Gasteiger charge is -2.32. The molecule has 0 spiro atoms. The molecule has 108 valence electrons. The zero-order chi connectivity index (χ0) is 14.7. The number of hydrogen-bond acceptors (Lipinski definition) is 2. The average Bonchev–Trinajstić information content (AvgIpc) is 2.54. The summed E-state index contributed by atoms with van der Waals surface area (Å²) in [4.78, 5) is 18.8. The molecule has 0 saturated heterocycles. The number of benzene rings is 1. The van der Waals surface area contributed by atoms with Crippen LogP contribution in [0.25, 0.3) is 0 Å². The van der Waals surface area contributed by atoms with E-state index in [0.29, 0.717) is 6.42 Å². The van der Waals surface area contributed by atoms with Gasteiger partial charge in [0.15, 0.2) is 0 Å². The first kappa shape index (κ1) is 13.8. The van der Waals surface area contributed by atoms with Crippen LogP contribution >= 0.6 is 0 Å². The first-order chi connectivity index (χ1) is 10.2. The van der Waals surface area contributed by atoms with E-state index in [1.54, 1.807) is 0 Å². The molecule has 1 atom stereocenters. The molecule has 21 heavy (non-hydrogen) atoms. The Balaban J connectivity index is 1.66. The molecular formula is C18H20N2O. The molecule has 1 heterocycles. The summed E-state index contributed by atoms with van der Waals surface area (Å²) in [5.41, 5.74) is 3.55. The molecule has 0 radical (unpaired) electrons. The van der Waals surface area contributed by atoms with Gasteiger partial charge in [-0.25, -0.2) is 0 Å². The number of carbonyl (C=O) groups excluding carboxylic acids is 1. The molecule has 2 aromatic rings. The lowest BCUT2D eigenvalue weighted by Crippen LogP contribution is -2.41. The minimum absolute atomic E-state index is 0.186. The third-order valence-corrected chi connectivity index (χ3v) is 4.30. The quantitative estimate of drug-likeness (QED) is 0.866. The highest BCUT2D eigenvalue weighted by molar-refractivity contribution is 5.78. The van der Waals surface area contributed by atoms with Crippen LogP contribution in [0.3, 0.4) is 0 Å². The van der Waals surface area contributed by atoms with Crippen molar-refractivity contribution < 1.29 is 4.79 Å². The van der Waals surface area contributed by atoms with Crippen molar-refractivity contribution in [3.05, 3.63) is 65.5 Å². The van der Waals surface area contributed by atoms with E-state index in [1.165, 1.54) is 5.56 Å². The highest BCUT2D eigenvalue weighted by Gasteiger charge is 2.25. The maximum absolute atomic E-state index is 12.4. The van der Waals surface area contributed by atoms with Gasteiger partial charge in [0, 0.05) is 31.4 Å². The van der Waals surface area contributed by atoms with Gasteiger partial charge in [0.25, 0.3) is 0 Å². The molecule has 3 rings (SSSR count). The number of rotatable bonds is 3. The van der Waals surface area contributed by atoms with Crippen molar-refractivity contribution in [3.63, 3.8) is 0 Å². The number of likely N-dealkylation sites (N-methyl/N-ethyl adjacent to an activating group) is 1. The first-order valence-electron chi connectivity index (χ1n) is 7.46. The maximum atomic E-state index is 12.4. The zero-order valence-corrected chi connectivity index (χ0v) is 12.3. The van der Waals surface area contributed by atoms with Crippen LogP contribution in [0.1, 0.15) is 23.2 Å². The van der Waals surface area contributed by atoms with E-state index in [9.17, 15) is 4.79 Å². The van der Waals surface area contributed by atoms with E-state index in [4.69, 9.17) is 0 Å². The van der Waals surface area contributed by atoms with Crippen LogP contribution in [-0.2, 0) is 24.1 Å². The molecule has 1 amide bonds. The summed E-state index contributed by atoms with van der Waals surface area (Å²) in [7, 11) is 1.92. The summed E-state index contributed by atoms with van der Waals surface area (Å²) in [6.07, 6.45) is 5.22. The van der Waals surface area contributed by atoms with Crippen LogP contribution in [0.15, 0.2) is 48.7 Å². The molecule has 0 bridgehead atoms. The topological polar surface area (TPSA) is 33.2 Å². The monoisotopic (exact) mass is 280 g/mol. The summed E-state index contributed by atoms with van der Waals surface area (Å²) < 4.78 is 0. The molecule has 3 nitrogen and oxygen atoms in total. The molecule has 3 heteroatoms. The predicted molar refractivity (Wildman–Crippen MR) is 83.0 cm³/mol. The number of amides is 1. The normalized spacial score (nSPS) is 17.1. The summed E-state index contributed by atoms with van der Waals surface area (Å²) in [5, 5.41) is 0. The Hall–Kier alpha value is -2.16. The third-order valence-electron chi connectivity index (χ3n) is 4.30. The van der Waals surface area contributed by atoms with Crippen LogP contribution in [0, 0.1) is 0 Å². The second kappa shape index (κ2) is 6.08. The van der Waals surface area contributed by atoms with Crippen LogP contribution in [0.5, 0.6) is 0 Å². The van der Waals surface area contributed by atoms with Crippen LogP contribution < -0.4 is 0 Å². The lowest BCUT2D eigenvalue weighted by atomic mass is 9.91. The van der Waals surface area contributed by atoms with E-state index < -0.39 is 0 Å². The van der Waals surface area contributed by atoms with Crippen molar-refractivity contribution in [2.45, 2.75) is 31.7 Å². The number of pyridine rings is 1. The van der Waals surface area contributed by atoms with E-state index in [-0.39, 0.29) is 11.9 Å². The predicted octanol–water partition coefficient (Wildman–Crippen LogP) is 2.64. The van der Waals surface area contributed by atoms with Gasteiger partial charge in [-0.15, -0.1) is 0 Å². The SMILES string of the molecule is CN(C(=O)Cc1ccccc1)C1CCc2cccnc2C1. The van der Waals surface area contributed by atoms with E-state index in [2.05, 4.69) is 11.1 Å². The van der Waals surface area contributed by atoms with E-state index in [0.717, 1.165) is 30.5 Å². The summed E-state index contributed by atoms with van der Waals surface area (Å²) in [5.74, 6) is 0.186. The second-order valence-corrected chi connectivity index (χ2v) is 5.67. The number of hydrogen-bond donors (Lipinski definition) is 0. The zero-order valence-electron chi connectivity index (χ0n) is 12.3. The van der Waals surface area contributed by atoms with Gasteiger partial charge < -0.3 is 4.90 Å². The fraction of sp³-hybridized carbons (Fsp3) is 0.333. The van der Waals surface area contributed by atoms with Gasteiger partial charge in [-0.3, -0.25) is 9.78 Å². The van der Waals surface area contributed by atoms with Crippen molar-refractivity contribution in [3.8, 4) is 0 Å².